The highest BCUT2D eigenvalue weighted by Crippen LogP contribution is 2.25. The van der Waals surface area contributed by atoms with Crippen molar-refractivity contribution in [3.63, 3.8) is 0 Å². The zero-order valence-electron chi connectivity index (χ0n) is 13.5. The molecule has 2 aromatic rings. The maximum absolute atomic E-state index is 13.0. The second kappa shape index (κ2) is 6.83. The lowest BCUT2D eigenvalue weighted by molar-refractivity contribution is -0.117. The van der Waals surface area contributed by atoms with E-state index < -0.39 is 0 Å². The monoisotopic (exact) mass is 326 g/mol. The minimum atomic E-state index is -0.326. The maximum Gasteiger partial charge on any atom is 0.251 e. The van der Waals surface area contributed by atoms with Crippen LogP contribution in [0.3, 0.4) is 0 Å². The van der Waals surface area contributed by atoms with Crippen LogP contribution >= 0.6 is 0 Å². The van der Waals surface area contributed by atoms with Gasteiger partial charge in [0.05, 0.1) is 0 Å². The molecule has 2 aromatic carbocycles. The second-order valence-electron chi connectivity index (χ2n) is 6.08. The average molecular weight is 326 g/mol. The van der Waals surface area contributed by atoms with Gasteiger partial charge in [0.2, 0.25) is 5.91 Å². The molecule has 24 heavy (non-hydrogen) atoms. The highest BCUT2D eigenvalue weighted by atomic mass is 19.1. The Balaban J connectivity index is 1.59. The molecule has 1 fully saturated rings. The van der Waals surface area contributed by atoms with Crippen LogP contribution in [0, 0.1) is 18.7 Å². The first kappa shape index (κ1) is 16.2. The Morgan fingerprint density at radius 2 is 1.92 bits per heavy atom. The van der Waals surface area contributed by atoms with Crippen LogP contribution < -0.4 is 10.2 Å². The van der Waals surface area contributed by atoms with Crippen molar-refractivity contribution in [2.75, 3.05) is 18.0 Å². The number of hydrogen-bond acceptors (Lipinski definition) is 2. The van der Waals surface area contributed by atoms with E-state index in [1.165, 1.54) is 12.1 Å². The van der Waals surface area contributed by atoms with Crippen molar-refractivity contribution in [2.45, 2.75) is 13.3 Å². The minimum Gasteiger partial charge on any atom is -0.352 e. The SMILES string of the molecule is Cc1ccccc1C(=O)NCC1CC(=O)N(c2ccc(F)cc2)C1. The fraction of sp³-hybridized carbons (Fsp3) is 0.263. The minimum absolute atomic E-state index is 0.00301. The first-order valence-corrected chi connectivity index (χ1v) is 7.94. The van der Waals surface area contributed by atoms with Gasteiger partial charge < -0.3 is 10.2 Å². The molecule has 0 spiro atoms. The predicted octanol–water partition coefficient (Wildman–Crippen LogP) is 2.92. The van der Waals surface area contributed by atoms with E-state index in [9.17, 15) is 14.0 Å². The molecule has 124 valence electrons. The lowest BCUT2D eigenvalue weighted by atomic mass is 10.1. The molecule has 0 saturated carbocycles. The summed E-state index contributed by atoms with van der Waals surface area (Å²) in [6.45, 7) is 2.86. The molecule has 4 nitrogen and oxygen atoms in total. The Labute approximate surface area is 140 Å². The van der Waals surface area contributed by atoms with E-state index in [2.05, 4.69) is 5.32 Å². The molecule has 1 N–H and O–H groups in total. The first-order chi connectivity index (χ1) is 11.5. The van der Waals surface area contributed by atoms with Crippen LogP contribution in [0.25, 0.3) is 0 Å². The highest BCUT2D eigenvalue weighted by molar-refractivity contribution is 5.97. The molecule has 3 rings (SSSR count). The van der Waals surface area contributed by atoms with Gasteiger partial charge in [-0.15, -0.1) is 0 Å². The predicted molar refractivity (Wildman–Crippen MR) is 90.4 cm³/mol. The Kier molecular flexibility index (Phi) is 4.60. The molecule has 0 radical (unpaired) electrons. The van der Waals surface area contributed by atoms with E-state index in [0.717, 1.165) is 5.56 Å². The Hall–Kier alpha value is -2.69. The van der Waals surface area contributed by atoms with Crippen molar-refractivity contribution in [1.29, 1.82) is 0 Å². The molecule has 1 aliphatic heterocycles. The van der Waals surface area contributed by atoms with E-state index in [0.29, 0.717) is 30.8 Å². The molecule has 2 amide bonds. The van der Waals surface area contributed by atoms with Crippen molar-refractivity contribution in [2.24, 2.45) is 5.92 Å². The number of carbonyl (C=O) groups excluding carboxylic acids is 2. The number of halogens is 1. The van der Waals surface area contributed by atoms with Crippen LogP contribution in [0.5, 0.6) is 0 Å². The summed E-state index contributed by atoms with van der Waals surface area (Å²) < 4.78 is 13.0. The fourth-order valence-electron chi connectivity index (χ4n) is 2.95. The summed E-state index contributed by atoms with van der Waals surface area (Å²) in [4.78, 5) is 26.0. The Bertz CT molecular complexity index is 758. The van der Waals surface area contributed by atoms with E-state index in [1.807, 2.05) is 25.1 Å². The van der Waals surface area contributed by atoms with Crippen LogP contribution in [0.1, 0.15) is 22.3 Å². The molecule has 1 aliphatic rings. The summed E-state index contributed by atoms with van der Waals surface area (Å²) in [5.41, 5.74) is 2.26. The Morgan fingerprint density at radius 3 is 2.62 bits per heavy atom. The lowest BCUT2D eigenvalue weighted by Gasteiger charge is -2.17. The molecule has 0 bridgehead atoms. The number of amides is 2. The van der Waals surface area contributed by atoms with Gasteiger partial charge in [0.15, 0.2) is 0 Å². The van der Waals surface area contributed by atoms with Crippen LogP contribution in [0.15, 0.2) is 48.5 Å². The largest absolute Gasteiger partial charge is 0.352 e. The quantitative estimate of drug-likeness (QED) is 0.939. The summed E-state index contributed by atoms with van der Waals surface area (Å²) in [5, 5.41) is 2.91. The topological polar surface area (TPSA) is 49.4 Å². The normalized spacial score (nSPS) is 17.2. The van der Waals surface area contributed by atoms with Crippen LogP contribution in [-0.2, 0) is 4.79 Å². The van der Waals surface area contributed by atoms with Crippen molar-refractivity contribution in [1.82, 2.24) is 5.32 Å². The third-order valence-corrected chi connectivity index (χ3v) is 4.28. The summed E-state index contributed by atoms with van der Waals surface area (Å²) in [6.07, 6.45) is 0.380. The summed E-state index contributed by atoms with van der Waals surface area (Å²) in [7, 11) is 0. The summed E-state index contributed by atoms with van der Waals surface area (Å²) >= 11 is 0. The van der Waals surface area contributed by atoms with Gasteiger partial charge in [0, 0.05) is 36.7 Å². The van der Waals surface area contributed by atoms with Crippen LogP contribution in [0.2, 0.25) is 0 Å². The summed E-state index contributed by atoms with van der Waals surface area (Å²) in [6, 6.07) is 13.3. The van der Waals surface area contributed by atoms with Crippen molar-refractivity contribution in [3.05, 3.63) is 65.5 Å². The number of carbonyl (C=O) groups is 2. The van der Waals surface area contributed by atoms with Gasteiger partial charge in [-0.05, 0) is 42.8 Å². The average Bonchev–Trinajstić information content (AvgIpc) is 2.95. The smallest absolute Gasteiger partial charge is 0.251 e. The number of aryl methyl sites for hydroxylation is 1. The fourth-order valence-corrected chi connectivity index (χ4v) is 2.95. The number of anilines is 1. The van der Waals surface area contributed by atoms with E-state index >= 15 is 0 Å². The number of rotatable bonds is 4. The zero-order valence-corrected chi connectivity index (χ0v) is 13.5. The third-order valence-electron chi connectivity index (χ3n) is 4.28. The molecule has 1 heterocycles. The molecule has 1 saturated heterocycles. The van der Waals surface area contributed by atoms with Gasteiger partial charge in [-0.3, -0.25) is 9.59 Å². The van der Waals surface area contributed by atoms with Gasteiger partial charge in [-0.2, -0.15) is 0 Å². The number of benzene rings is 2. The van der Waals surface area contributed by atoms with Gasteiger partial charge >= 0.3 is 0 Å². The van der Waals surface area contributed by atoms with Gasteiger partial charge in [0.25, 0.3) is 5.91 Å². The molecule has 1 atom stereocenters. The van der Waals surface area contributed by atoms with Crippen molar-refractivity contribution in [3.8, 4) is 0 Å². The molecular formula is C19H19FN2O2. The summed E-state index contributed by atoms with van der Waals surface area (Å²) in [5.74, 6) is -0.402. The van der Waals surface area contributed by atoms with E-state index in [4.69, 9.17) is 0 Å². The molecule has 0 aromatic heterocycles. The Morgan fingerprint density at radius 1 is 1.21 bits per heavy atom. The van der Waals surface area contributed by atoms with Gasteiger partial charge in [-0.25, -0.2) is 4.39 Å². The van der Waals surface area contributed by atoms with Crippen molar-refractivity contribution < 1.29 is 14.0 Å². The lowest BCUT2D eigenvalue weighted by Crippen LogP contribution is -2.31. The van der Waals surface area contributed by atoms with E-state index in [-0.39, 0.29) is 23.5 Å². The third kappa shape index (κ3) is 3.45. The molecule has 5 heteroatoms. The molecule has 0 aliphatic carbocycles. The van der Waals surface area contributed by atoms with Gasteiger partial charge in [0.1, 0.15) is 5.82 Å². The molecular weight excluding hydrogens is 307 g/mol. The number of nitrogens with one attached hydrogen (secondary N) is 1. The maximum atomic E-state index is 13.0. The highest BCUT2D eigenvalue weighted by Gasteiger charge is 2.30. The van der Waals surface area contributed by atoms with Gasteiger partial charge in [-0.1, -0.05) is 18.2 Å². The molecule has 1 unspecified atom stereocenters. The van der Waals surface area contributed by atoms with E-state index in [1.54, 1.807) is 23.1 Å². The first-order valence-electron chi connectivity index (χ1n) is 7.94. The van der Waals surface area contributed by atoms with Crippen molar-refractivity contribution >= 4 is 17.5 Å². The second-order valence-corrected chi connectivity index (χ2v) is 6.08. The number of nitrogens with zero attached hydrogens (tertiary/aromatic N) is 1. The zero-order chi connectivity index (χ0) is 17.1. The standard InChI is InChI=1S/C19H19FN2O2/c1-13-4-2-3-5-17(13)19(24)21-11-14-10-18(23)22(12-14)16-8-6-15(20)7-9-16/h2-9,14H,10-12H2,1H3,(H,21,24). The van der Waals surface area contributed by atoms with Crippen LogP contribution in [-0.4, -0.2) is 24.9 Å². The van der Waals surface area contributed by atoms with Crippen LogP contribution in [0.4, 0.5) is 10.1 Å². The number of hydrogen-bond donors (Lipinski definition) is 1.